The number of rotatable bonds is 3. The molecule has 0 fully saturated rings. The molecular formula is C7H15NO3. The molecule has 11 heavy (non-hydrogen) atoms. The van der Waals surface area contributed by atoms with Crippen LogP contribution in [0.4, 0.5) is 4.79 Å². The maximum absolute atomic E-state index is 10.7. The number of aliphatic hydroxyl groups is 1. The molecule has 1 atom stereocenters. The topological polar surface area (TPSA) is 58.6 Å². The molecule has 0 bridgehead atoms. The van der Waals surface area contributed by atoms with E-state index in [0.717, 1.165) is 0 Å². The molecule has 0 saturated heterocycles. The maximum Gasteiger partial charge on any atom is 0.407 e. The standard InChI is InChI=1S/C7H15NO3/c1-5(2)11-7(10)8-4-6(3)9/h5-6,9H,4H2,1-3H3,(H,8,10)/t6-/m1/s1. The summed E-state index contributed by atoms with van der Waals surface area (Å²) < 4.78 is 4.74. The molecule has 0 spiro atoms. The van der Waals surface area contributed by atoms with Crippen LogP contribution < -0.4 is 5.32 Å². The molecule has 1 amide bonds. The van der Waals surface area contributed by atoms with E-state index >= 15 is 0 Å². The average molecular weight is 161 g/mol. The number of hydrogen-bond acceptors (Lipinski definition) is 3. The zero-order valence-corrected chi connectivity index (χ0v) is 7.13. The highest BCUT2D eigenvalue weighted by atomic mass is 16.6. The fraction of sp³-hybridized carbons (Fsp3) is 0.857. The Kier molecular flexibility index (Phi) is 4.61. The third kappa shape index (κ3) is 7.12. The normalized spacial score (nSPS) is 12.8. The number of amides is 1. The van der Waals surface area contributed by atoms with Gasteiger partial charge in [-0.3, -0.25) is 0 Å². The van der Waals surface area contributed by atoms with E-state index in [1.165, 1.54) is 0 Å². The minimum Gasteiger partial charge on any atom is -0.447 e. The van der Waals surface area contributed by atoms with Gasteiger partial charge >= 0.3 is 6.09 Å². The molecular weight excluding hydrogens is 146 g/mol. The van der Waals surface area contributed by atoms with Crippen LogP contribution >= 0.6 is 0 Å². The predicted molar refractivity (Wildman–Crippen MR) is 41.3 cm³/mol. The molecule has 0 aliphatic carbocycles. The van der Waals surface area contributed by atoms with Gasteiger partial charge in [0.1, 0.15) is 0 Å². The number of hydrogen-bond donors (Lipinski definition) is 2. The lowest BCUT2D eigenvalue weighted by molar-refractivity contribution is 0.108. The summed E-state index contributed by atoms with van der Waals surface area (Å²) in [6.45, 7) is 5.35. The molecule has 0 unspecified atom stereocenters. The van der Waals surface area contributed by atoms with Crippen LogP contribution in [0.25, 0.3) is 0 Å². The van der Waals surface area contributed by atoms with Gasteiger partial charge in [0.2, 0.25) is 0 Å². The van der Waals surface area contributed by atoms with Crippen molar-refractivity contribution in [3.05, 3.63) is 0 Å². The Labute approximate surface area is 66.5 Å². The zero-order valence-electron chi connectivity index (χ0n) is 7.13. The van der Waals surface area contributed by atoms with Gasteiger partial charge in [0.05, 0.1) is 12.2 Å². The van der Waals surface area contributed by atoms with Gasteiger partial charge in [-0.2, -0.15) is 0 Å². The van der Waals surface area contributed by atoms with E-state index < -0.39 is 12.2 Å². The van der Waals surface area contributed by atoms with Crippen molar-refractivity contribution in [2.75, 3.05) is 6.54 Å². The number of carbonyl (C=O) groups excluding carboxylic acids is 1. The van der Waals surface area contributed by atoms with E-state index in [1.54, 1.807) is 20.8 Å². The van der Waals surface area contributed by atoms with Gasteiger partial charge in [0, 0.05) is 6.54 Å². The molecule has 0 aromatic heterocycles. The maximum atomic E-state index is 10.7. The van der Waals surface area contributed by atoms with E-state index in [4.69, 9.17) is 9.84 Å². The second kappa shape index (κ2) is 4.96. The quantitative estimate of drug-likeness (QED) is 0.633. The first-order valence-electron chi connectivity index (χ1n) is 3.65. The number of ether oxygens (including phenoxy) is 1. The van der Waals surface area contributed by atoms with Crippen LogP contribution in [0.1, 0.15) is 20.8 Å². The fourth-order valence-electron chi connectivity index (χ4n) is 0.487. The Balaban J connectivity index is 3.38. The summed E-state index contributed by atoms with van der Waals surface area (Å²) in [5.41, 5.74) is 0. The summed E-state index contributed by atoms with van der Waals surface area (Å²) in [5, 5.41) is 11.2. The molecule has 2 N–H and O–H groups in total. The Morgan fingerprint density at radius 2 is 2.09 bits per heavy atom. The first kappa shape index (κ1) is 10.2. The predicted octanol–water partition coefficient (Wildman–Crippen LogP) is 0.502. The third-order valence-electron chi connectivity index (χ3n) is 0.885. The van der Waals surface area contributed by atoms with Gasteiger partial charge in [-0.15, -0.1) is 0 Å². The highest BCUT2D eigenvalue weighted by molar-refractivity contribution is 5.67. The largest absolute Gasteiger partial charge is 0.447 e. The van der Waals surface area contributed by atoms with Crippen LogP contribution in [0.15, 0.2) is 0 Å². The van der Waals surface area contributed by atoms with Crippen LogP contribution in [0.3, 0.4) is 0 Å². The fourth-order valence-corrected chi connectivity index (χ4v) is 0.487. The lowest BCUT2D eigenvalue weighted by Gasteiger charge is -2.10. The van der Waals surface area contributed by atoms with Crippen molar-refractivity contribution in [3.8, 4) is 0 Å². The average Bonchev–Trinajstić information content (AvgIpc) is 1.82. The molecule has 4 nitrogen and oxygen atoms in total. The van der Waals surface area contributed by atoms with Gasteiger partial charge in [-0.25, -0.2) is 4.79 Å². The Morgan fingerprint density at radius 3 is 2.45 bits per heavy atom. The van der Waals surface area contributed by atoms with Gasteiger partial charge in [0.25, 0.3) is 0 Å². The van der Waals surface area contributed by atoms with E-state index in [-0.39, 0.29) is 12.6 Å². The van der Waals surface area contributed by atoms with Crippen LogP contribution in [-0.2, 0) is 4.74 Å². The van der Waals surface area contributed by atoms with Crippen molar-refractivity contribution in [1.29, 1.82) is 0 Å². The number of alkyl carbamates (subject to hydrolysis) is 1. The van der Waals surface area contributed by atoms with Crippen LogP contribution in [0.5, 0.6) is 0 Å². The smallest absolute Gasteiger partial charge is 0.407 e. The molecule has 0 aliphatic heterocycles. The zero-order chi connectivity index (χ0) is 8.85. The van der Waals surface area contributed by atoms with E-state index in [9.17, 15) is 4.79 Å². The Bertz CT molecular complexity index is 123. The minimum atomic E-state index is -0.533. The van der Waals surface area contributed by atoms with Crippen LogP contribution in [0, 0.1) is 0 Å². The lowest BCUT2D eigenvalue weighted by atomic mass is 10.4. The molecule has 0 saturated carbocycles. The monoisotopic (exact) mass is 161 g/mol. The first-order chi connectivity index (χ1) is 5.02. The molecule has 66 valence electrons. The second-order valence-electron chi connectivity index (χ2n) is 2.68. The molecule has 0 aliphatic rings. The highest BCUT2D eigenvalue weighted by Gasteiger charge is 2.04. The molecule has 0 radical (unpaired) electrons. The van der Waals surface area contributed by atoms with Crippen molar-refractivity contribution in [2.45, 2.75) is 33.0 Å². The SMILES string of the molecule is CC(C)OC(=O)NC[C@@H](C)O. The molecule has 0 heterocycles. The molecule has 0 rings (SSSR count). The molecule has 4 heteroatoms. The van der Waals surface area contributed by atoms with Crippen LogP contribution in [0.2, 0.25) is 0 Å². The number of aliphatic hydroxyl groups excluding tert-OH is 1. The van der Waals surface area contributed by atoms with Crippen molar-refractivity contribution >= 4 is 6.09 Å². The number of carbonyl (C=O) groups is 1. The summed E-state index contributed by atoms with van der Waals surface area (Å²) in [4.78, 5) is 10.7. The highest BCUT2D eigenvalue weighted by Crippen LogP contribution is 1.87. The van der Waals surface area contributed by atoms with E-state index in [1.807, 2.05) is 0 Å². The van der Waals surface area contributed by atoms with E-state index in [2.05, 4.69) is 5.32 Å². The summed E-state index contributed by atoms with van der Waals surface area (Å²) in [7, 11) is 0. The van der Waals surface area contributed by atoms with Gasteiger partial charge in [-0.05, 0) is 20.8 Å². The van der Waals surface area contributed by atoms with E-state index in [0.29, 0.717) is 0 Å². The van der Waals surface area contributed by atoms with Crippen molar-refractivity contribution in [1.82, 2.24) is 5.32 Å². The summed E-state index contributed by atoms with van der Waals surface area (Å²) in [6.07, 6.45) is -1.14. The third-order valence-corrected chi connectivity index (χ3v) is 0.885. The minimum absolute atomic E-state index is 0.121. The van der Waals surface area contributed by atoms with Gasteiger partial charge in [0.15, 0.2) is 0 Å². The Morgan fingerprint density at radius 1 is 1.55 bits per heavy atom. The van der Waals surface area contributed by atoms with Crippen molar-refractivity contribution in [3.63, 3.8) is 0 Å². The summed E-state index contributed by atoms with van der Waals surface area (Å²) in [6, 6.07) is 0. The number of nitrogens with one attached hydrogen (secondary N) is 1. The van der Waals surface area contributed by atoms with Gasteiger partial charge < -0.3 is 15.2 Å². The second-order valence-corrected chi connectivity index (χ2v) is 2.68. The summed E-state index contributed by atoms with van der Waals surface area (Å²) >= 11 is 0. The van der Waals surface area contributed by atoms with Crippen molar-refractivity contribution < 1.29 is 14.6 Å². The molecule has 0 aromatic carbocycles. The first-order valence-corrected chi connectivity index (χ1v) is 3.65. The summed E-state index contributed by atoms with van der Waals surface area (Å²) in [5.74, 6) is 0. The van der Waals surface area contributed by atoms with Crippen molar-refractivity contribution in [2.24, 2.45) is 0 Å². The van der Waals surface area contributed by atoms with Gasteiger partial charge in [-0.1, -0.05) is 0 Å². The molecule has 0 aromatic rings. The Hall–Kier alpha value is -0.770. The lowest BCUT2D eigenvalue weighted by Crippen LogP contribution is -2.32. The van der Waals surface area contributed by atoms with Crippen LogP contribution in [-0.4, -0.2) is 30.0 Å².